The van der Waals surface area contributed by atoms with Crippen LogP contribution in [0.15, 0.2) is 42.7 Å². The van der Waals surface area contributed by atoms with Crippen LogP contribution in [-0.2, 0) is 12.8 Å². The smallest absolute Gasteiger partial charge is 0.141 e. The third-order valence-corrected chi connectivity index (χ3v) is 3.32. The van der Waals surface area contributed by atoms with Crippen molar-refractivity contribution in [1.29, 1.82) is 0 Å². The van der Waals surface area contributed by atoms with Crippen LogP contribution in [0.4, 0.5) is 4.39 Å². The minimum atomic E-state index is -0.393. The summed E-state index contributed by atoms with van der Waals surface area (Å²) in [5, 5.41) is 0.152. The number of benzene rings is 1. The summed E-state index contributed by atoms with van der Waals surface area (Å²) in [6.07, 6.45) is 6.05. The number of pyridine rings is 1. The molecule has 2 aromatic rings. The molecule has 1 aromatic heterocycles. The minimum absolute atomic E-state index is 0.0368. The fraction of sp³-hybridized carbons (Fsp3) is 0.267. The molecule has 2 N–H and O–H groups in total. The average molecular weight is 279 g/mol. The first kappa shape index (κ1) is 14.0. The van der Waals surface area contributed by atoms with Crippen LogP contribution in [-0.4, -0.2) is 11.0 Å². The first-order valence-corrected chi connectivity index (χ1v) is 6.61. The third kappa shape index (κ3) is 4.30. The van der Waals surface area contributed by atoms with E-state index < -0.39 is 5.82 Å². The van der Waals surface area contributed by atoms with E-state index in [4.69, 9.17) is 17.3 Å². The monoisotopic (exact) mass is 278 g/mol. The molecule has 0 bridgehead atoms. The zero-order valence-corrected chi connectivity index (χ0v) is 11.3. The highest BCUT2D eigenvalue weighted by molar-refractivity contribution is 6.30. The van der Waals surface area contributed by atoms with E-state index in [1.807, 2.05) is 12.1 Å². The summed E-state index contributed by atoms with van der Waals surface area (Å²) in [7, 11) is 0. The number of halogens is 2. The second kappa shape index (κ2) is 6.64. The van der Waals surface area contributed by atoms with Crippen LogP contribution in [0.5, 0.6) is 0 Å². The van der Waals surface area contributed by atoms with E-state index >= 15 is 0 Å². The van der Waals surface area contributed by atoms with E-state index in [0.717, 1.165) is 18.4 Å². The van der Waals surface area contributed by atoms with Gasteiger partial charge in [0.25, 0.3) is 0 Å². The van der Waals surface area contributed by atoms with Gasteiger partial charge in [-0.1, -0.05) is 17.7 Å². The topological polar surface area (TPSA) is 38.9 Å². The Hall–Kier alpha value is -1.45. The van der Waals surface area contributed by atoms with Crippen molar-refractivity contribution >= 4 is 11.6 Å². The third-order valence-electron chi connectivity index (χ3n) is 3.04. The van der Waals surface area contributed by atoms with Gasteiger partial charge in [-0.25, -0.2) is 4.39 Å². The number of nitrogens with zero attached hydrogens (tertiary/aromatic N) is 1. The van der Waals surface area contributed by atoms with Gasteiger partial charge in [0.1, 0.15) is 5.82 Å². The zero-order valence-electron chi connectivity index (χ0n) is 10.5. The molecular weight excluding hydrogens is 263 g/mol. The number of aryl methyl sites for hydroxylation is 1. The van der Waals surface area contributed by atoms with Crippen molar-refractivity contribution in [2.45, 2.75) is 25.3 Å². The van der Waals surface area contributed by atoms with Crippen LogP contribution in [0.25, 0.3) is 0 Å². The molecule has 2 rings (SSSR count). The second-order valence-electron chi connectivity index (χ2n) is 4.61. The van der Waals surface area contributed by atoms with Gasteiger partial charge < -0.3 is 5.73 Å². The van der Waals surface area contributed by atoms with Gasteiger partial charge in [0.2, 0.25) is 0 Å². The number of aromatic nitrogens is 1. The Morgan fingerprint density at radius 1 is 1.16 bits per heavy atom. The second-order valence-corrected chi connectivity index (χ2v) is 5.01. The minimum Gasteiger partial charge on any atom is -0.327 e. The summed E-state index contributed by atoms with van der Waals surface area (Å²) in [5.74, 6) is -0.393. The van der Waals surface area contributed by atoms with E-state index in [9.17, 15) is 4.39 Å². The quantitative estimate of drug-likeness (QED) is 0.911. The van der Waals surface area contributed by atoms with Gasteiger partial charge in [-0.3, -0.25) is 4.98 Å². The molecule has 0 aliphatic heterocycles. The molecule has 100 valence electrons. The molecule has 2 nitrogen and oxygen atoms in total. The molecule has 0 spiro atoms. The van der Waals surface area contributed by atoms with Crippen LogP contribution in [0.1, 0.15) is 17.5 Å². The zero-order chi connectivity index (χ0) is 13.7. The van der Waals surface area contributed by atoms with Crippen molar-refractivity contribution in [2.75, 3.05) is 0 Å². The maximum absolute atomic E-state index is 13.0. The molecule has 0 aliphatic rings. The first-order chi connectivity index (χ1) is 9.15. The van der Waals surface area contributed by atoms with Crippen molar-refractivity contribution in [3.05, 3.63) is 64.7 Å². The Labute approximate surface area is 117 Å². The van der Waals surface area contributed by atoms with Gasteiger partial charge in [-0.2, -0.15) is 0 Å². The van der Waals surface area contributed by atoms with Crippen LogP contribution in [0.2, 0.25) is 5.02 Å². The number of rotatable bonds is 5. The summed E-state index contributed by atoms with van der Waals surface area (Å²) in [5.41, 5.74) is 8.28. The van der Waals surface area contributed by atoms with Gasteiger partial charge in [0.15, 0.2) is 0 Å². The van der Waals surface area contributed by atoms with Crippen molar-refractivity contribution in [3.63, 3.8) is 0 Å². The Kier molecular flexibility index (Phi) is 4.88. The number of nitrogens with two attached hydrogens (primary N) is 1. The lowest BCUT2D eigenvalue weighted by molar-refractivity contribution is 0.605. The molecule has 1 atom stereocenters. The molecule has 0 radical (unpaired) electrons. The van der Waals surface area contributed by atoms with Crippen LogP contribution in [0.3, 0.4) is 0 Å². The lowest BCUT2D eigenvalue weighted by atomic mass is 10.0. The van der Waals surface area contributed by atoms with Crippen molar-refractivity contribution in [1.82, 2.24) is 4.98 Å². The van der Waals surface area contributed by atoms with Crippen LogP contribution >= 0.6 is 11.6 Å². The lowest BCUT2D eigenvalue weighted by Gasteiger charge is -2.12. The Balaban J connectivity index is 1.87. The predicted octanol–water partition coefficient (Wildman–Crippen LogP) is 3.38. The molecule has 1 aromatic carbocycles. The molecule has 0 saturated carbocycles. The molecule has 0 amide bonds. The van der Waals surface area contributed by atoms with Crippen molar-refractivity contribution in [2.24, 2.45) is 5.73 Å². The van der Waals surface area contributed by atoms with Gasteiger partial charge in [-0.05, 0) is 54.7 Å². The molecule has 1 unspecified atom stereocenters. The normalized spacial score (nSPS) is 12.4. The highest BCUT2D eigenvalue weighted by Gasteiger charge is 2.07. The molecular formula is C15H16ClFN2. The highest BCUT2D eigenvalue weighted by Crippen LogP contribution is 2.17. The largest absolute Gasteiger partial charge is 0.327 e. The summed E-state index contributed by atoms with van der Waals surface area (Å²) in [6.45, 7) is 0. The highest BCUT2D eigenvalue weighted by atomic mass is 35.5. The molecule has 0 fully saturated rings. The molecule has 0 saturated heterocycles. The lowest BCUT2D eigenvalue weighted by Crippen LogP contribution is -2.23. The van der Waals surface area contributed by atoms with Gasteiger partial charge >= 0.3 is 0 Å². The summed E-state index contributed by atoms with van der Waals surface area (Å²) >= 11 is 5.75. The Morgan fingerprint density at radius 3 is 2.58 bits per heavy atom. The van der Waals surface area contributed by atoms with E-state index in [1.54, 1.807) is 24.5 Å². The number of hydrogen-bond acceptors (Lipinski definition) is 2. The molecule has 1 heterocycles. The van der Waals surface area contributed by atoms with Gasteiger partial charge in [0, 0.05) is 18.4 Å². The van der Waals surface area contributed by atoms with Gasteiger partial charge in [0.05, 0.1) is 5.02 Å². The summed E-state index contributed by atoms with van der Waals surface area (Å²) in [4.78, 5) is 3.98. The standard InChI is InChI=1S/C15H16ClFN2/c16-14-10-12(2-4-15(14)17)9-13(18)3-1-11-5-7-19-8-6-11/h2,4-8,10,13H,1,3,9,18H2. The first-order valence-electron chi connectivity index (χ1n) is 6.23. The molecule has 19 heavy (non-hydrogen) atoms. The maximum Gasteiger partial charge on any atom is 0.141 e. The predicted molar refractivity (Wildman–Crippen MR) is 75.6 cm³/mol. The van der Waals surface area contributed by atoms with E-state index in [1.165, 1.54) is 11.6 Å². The Bertz CT molecular complexity index is 531. The molecule has 0 aliphatic carbocycles. The van der Waals surface area contributed by atoms with Gasteiger partial charge in [-0.15, -0.1) is 0 Å². The summed E-state index contributed by atoms with van der Waals surface area (Å²) in [6, 6.07) is 8.77. The maximum atomic E-state index is 13.0. The number of hydrogen-bond donors (Lipinski definition) is 1. The molecule has 4 heteroatoms. The SMILES string of the molecule is NC(CCc1ccncc1)Cc1ccc(F)c(Cl)c1. The fourth-order valence-corrected chi connectivity index (χ4v) is 2.18. The average Bonchev–Trinajstić information content (AvgIpc) is 2.42. The fourth-order valence-electron chi connectivity index (χ4n) is 1.97. The van der Waals surface area contributed by atoms with E-state index in [0.29, 0.717) is 6.42 Å². The van der Waals surface area contributed by atoms with Crippen LogP contribution in [0, 0.1) is 5.82 Å². The van der Waals surface area contributed by atoms with Crippen molar-refractivity contribution in [3.8, 4) is 0 Å². The van der Waals surface area contributed by atoms with E-state index in [-0.39, 0.29) is 11.1 Å². The summed E-state index contributed by atoms with van der Waals surface area (Å²) < 4.78 is 13.0. The van der Waals surface area contributed by atoms with Crippen molar-refractivity contribution < 1.29 is 4.39 Å². The van der Waals surface area contributed by atoms with Crippen LogP contribution < -0.4 is 5.73 Å². The van der Waals surface area contributed by atoms with E-state index in [2.05, 4.69) is 4.98 Å². The Morgan fingerprint density at radius 2 is 1.89 bits per heavy atom.